The normalized spacial score (nSPS) is 11.4. The van der Waals surface area contributed by atoms with Crippen molar-refractivity contribution < 1.29 is 4.79 Å². The lowest BCUT2D eigenvalue weighted by molar-refractivity contribution is 0.0979. The molecular weight excluding hydrogens is 322 g/mol. The lowest BCUT2D eigenvalue weighted by atomic mass is 10.2. The Kier molecular flexibility index (Phi) is 4.64. The van der Waals surface area contributed by atoms with Crippen LogP contribution in [0, 0.1) is 6.92 Å². The van der Waals surface area contributed by atoms with Gasteiger partial charge in [-0.25, -0.2) is 4.98 Å². The van der Waals surface area contributed by atoms with E-state index < -0.39 is 0 Å². The standard InChI is InChI=1S/C17H21N5OS/c1-12-6-5-7-14-15(12)18-17(24-14)22(11-10-20(2)3)16(23)13-8-9-21(4)19-13/h5-9H,10-11H2,1-4H3. The predicted molar refractivity (Wildman–Crippen MR) is 97.8 cm³/mol. The van der Waals surface area contributed by atoms with Gasteiger partial charge in [-0.05, 0) is 38.7 Å². The Balaban J connectivity index is 1.99. The number of benzene rings is 1. The third kappa shape index (κ3) is 3.32. The van der Waals surface area contributed by atoms with Gasteiger partial charge in [0.1, 0.15) is 0 Å². The highest BCUT2D eigenvalue weighted by atomic mass is 32.1. The maximum atomic E-state index is 12.9. The molecule has 0 saturated carbocycles. The molecule has 0 N–H and O–H groups in total. The van der Waals surface area contributed by atoms with E-state index in [9.17, 15) is 4.79 Å². The third-order valence-electron chi connectivity index (χ3n) is 3.79. The average molecular weight is 343 g/mol. The first-order chi connectivity index (χ1) is 11.5. The van der Waals surface area contributed by atoms with Gasteiger partial charge in [0.15, 0.2) is 10.8 Å². The maximum Gasteiger partial charge on any atom is 0.280 e. The number of para-hydroxylation sites is 1. The van der Waals surface area contributed by atoms with Crippen molar-refractivity contribution in [2.24, 2.45) is 7.05 Å². The van der Waals surface area contributed by atoms with E-state index >= 15 is 0 Å². The van der Waals surface area contributed by atoms with Crippen LogP contribution < -0.4 is 4.90 Å². The summed E-state index contributed by atoms with van der Waals surface area (Å²) in [5.41, 5.74) is 2.52. The molecule has 0 fully saturated rings. The van der Waals surface area contributed by atoms with Crippen LogP contribution in [0.5, 0.6) is 0 Å². The quantitative estimate of drug-likeness (QED) is 0.714. The number of carbonyl (C=O) groups excluding carboxylic acids is 1. The fourth-order valence-corrected chi connectivity index (χ4v) is 3.51. The number of thiazole rings is 1. The molecule has 0 aliphatic rings. The highest BCUT2D eigenvalue weighted by Crippen LogP contribution is 2.31. The molecule has 3 rings (SSSR count). The summed E-state index contributed by atoms with van der Waals surface area (Å²) in [6.07, 6.45) is 1.78. The highest BCUT2D eigenvalue weighted by Gasteiger charge is 2.23. The van der Waals surface area contributed by atoms with Crippen LogP contribution in [0.25, 0.3) is 10.2 Å². The van der Waals surface area contributed by atoms with Gasteiger partial charge in [0.05, 0.1) is 10.2 Å². The van der Waals surface area contributed by atoms with Crippen LogP contribution in [0.3, 0.4) is 0 Å². The van der Waals surface area contributed by atoms with Crippen molar-refractivity contribution in [1.82, 2.24) is 19.7 Å². The maximum absolute atomic E-state index is 12.9. The van der Waals surface area contributed by atoms with Crippen LogP contribution in [0.2, 0.25) is 0 Å². The van der Waals surface area contributed by atoms with E-state index in [-0.39, 0.29) is 5.91 Å². The largest absolute Gasteiger partial charge is 0.308 e. The first-order valence-corrected chi connectivity index (χ1v) is 8.60. The fraction of sp³-hybridized carbons (Fsp3) is 0.353. The van der Waals surface area contributed by atoms with Gasteiger partial charge in [0.2, 0.25) is 0 Å². The van der Waals surface area contributed by atoms with Crippen LogP contribution in [0.4, 0.5) is 5.13 Å². The van der Waals surface area contributed by atoms with Crippen LogP contribution in [0.1, 0.15) is 16.1 Å². The van der Waals surface area contributed by atoms with Gasteiger partial charge < -0.3 is 4.90 Å². The fourth-order valence-electron chi connectivity index (χ4n) is 2.44. The molecule has 0 saturated heterocycles. The summed E-state index contributed by atoms with van der Waals surface area (Å²) in [5, 5.41) is 4.96. The zero-order valence-corrected chi connectivity index (χ0v) is 15.2. The van der Waals surface area contributed by atoms with E-state index in [1.54, 1.807) is 33.2 Å². The molecule has 0 radical (unpaired) electrons. The predicted octanol–water partition coefficient (Wildman–Crippen LogP) is 2.55. The van der Waals surface area contributed by atoms with E-state index in [0.29, 0.717) is 12.2 Å². The molecule has 1 amide bonds. The zero-order valence-electron chi connectivity index (χ0n) is 14.4. The Bertz CT molecular complexity index is 867. The number of nitrogens with zero attached hydrogens (tertiary/aromatic N) is 5. The number of aromatic nitrogens is 3. The zero-order chi connectivity index (χ0) is 17.3. The molecule has 24 heavy (non-hydrogen) atoms. The Labute approximate surface area is 145 Å². The molecule has 2 aromatic heterocycles. The van der Waals surface area contributed by atoms with Gasteiger partial charge in [0.25, 0.3) is 5.91 Å². The molecule has 0 aliphatic heterocycles. The number of likely N-dealkylation sites (N-methyl/N-ethyl adjacent to an activating group) is 1. The van der Waals surface area contributed by atoms with E-state index in [2.05, 4.69) is 10.00 Å². The third-order valence-corrected chi connectivity index (χ3v) is 4.83. The SMILES string of the molecule is Cc1cccc2sc(N(CCN(C)C)C(=O)c3ccn(C)n3)nc12. The summed E-state index contributed by atoms with van der Waals surface area (Å²) >= 11 is 1.54. The minimum atomic E-state index is -0.117. The van der Waals surface area contributed by atoms with Crippen molar-refractivity contribution in [2.45, 2.75) is 6.92 Å². The molecule has 0 atom stereocenters. The van der Waals surface area contributed by atoms with E-state index in [0.717, 1.165) is 27.5 Å². The number of fused-ring (bicyclic) bond motifs is 1. The Morgan fingerprint density at radius 3 is 2.67 bits per heavy atom. The van der Waals surface area contributed by atoms with Crippen molar-refractivity contribution in [3.05, 3.63) is 41.7 Å². The van der Waals surface area contributed by atoms with Crippen molar-refractivity contribution in [2.75, 3.05) is 32.1 Å². The van der Waals surface area contributed by atoms with Gasteiger partial charge in [-0.2, -0.15) is 5.10 Å². The number of hydrogen-bond acceptors (Lipinski definition) is 5. The molecule has 2 heterocycles. The van der Waals surface area contributed by atoms with Gasteiger partial charge in [-0.3, -0.25) is 14.4 Å². The summed E-state index contributed by atoms with van der Waals surface area (Å²) in [6, 6.07) is 7.84. The highest BCUT2D eigenvalue weighted by molar-refractivity contribution is 7.22. The first-order valence-electron chi connectivity index (χ1n) is 7.78. The topological polar surface area (TPSA) is 54.3 Å². The molecule has 3 aromatic rings. The Hall–Kier alpha value is -2.25. The summed E-state index contributed by atoms with van der Waals surface area (Å²) in [6.45, 7) is 3.37. The molecule has 6 nitrogen and oxygen atoms in total. The smallest absolute Gasteiger partial charge is 0.280 e. The molecule has 0 aliphatic carbocycles. The van der Waals surface area contributed by atoms with Crippen molar-refractivity contribution in [3.8, 4) is 0 Å². The lowest BCUT2D eigenvalue weighted by Gasteiger charge is -2.21. The summed E-state index contributed by atoms with van der Waals surface area (Å²) in [4.78, 5) is 21.4. The number of rotatable bonds is 5. The second kappa shape index (κ2) is 6.70. The minimum Gasteiger partial charge on any atom is -0.308 e. The van der Waals surface area contributed by atoms with E-state index in [1.165, 1.54) is 0 Å². The van der Waals surface area contributed by atoms with Crippen molar-refractivity contribution >= 4 is 32.6 Å². The number of hydrogen-bond donors (Lipinski definition) is 0. The van der Waals surface area contributed by atoms with Crippen LogP contribution in [-0.2, 0) is 7.05 Å². The summed E-state index contributed by atoms with van der Waals surface area (Å²) < 4.78 is 2.73. The Morgan fingerprint density at radius 1 is 1.25 bits per heavy atom. The average Bonchev–Trinajstić information content (AvgIpc) is 3.14. The van der Waals surface area contributed by atoms with Crippen LogP contribution >= 0.6 is 11.3 Å². The molecular formula is C17H21N5OS. The molecule has 0 unspecified atom stereocenters. The summed E-state index contributed by atoms with van der Waals surface area (Å²) in [7, 11) is 5.79. The van der Waals surface area contributed by atoms with Crippen molar-refractivity contribution in [1.29, 1.82) is 0 Å². The Morgan fingerprint density at radius 2 is 2.04 bits per heavy atom. The second-order valence-corrected chi connectivity index (χ2v) is 7.06. The molecule has 1 aromatic carbocycles. The second-order valence-electron chi connectivity index (χ2n) is 6.05. The monoisotopic (exact) mass is 343 g/mol. The van der Waals surface area contributed by atoms with Gasteiger partial charge in [-0.1, -0.05) is 23.5 Å². The van der Waals surface area contributed by atoms with Gasteiger partial charge in [-0.15, -0.1) is 0 Å². The number of carbonyl (C=O) groups is 1. The number of amides is 1. The number of aryl methyl sites for hydroxylation is 2. The van der Waals surface area contributed by atoms with Crippen LogP contribution in [-0.4, -0.2) is 52.8 Å². The lowest BCUT2D eigenvalue weighted by Crippen LogP contribution is -2.37. The van der Waals surface area contributed by atoms with Crippen LogP contribution in [0.15, 0.2) is 30.5 Å². The molecule has 0 spiro atoms. The number of anilines is 1. The van der Waals surface area contributed by atoms with E-state index in [1.807, 2.05) is 46.3 Å². The minimum absolute atomic E-state index is 0.117. The molecule has 7 heteroatoms. The van der Waals surface area contributed by atoms with Gasteiger partial charge >= 0.3 is 0 Å². The molecule has 0 bridgehead atoms. The molecule has 126 valence electrons. The van der Waals surface area contributed by atoms with Gasteiger partial charge in [0, 0.05) is 26.3 Å². The summed E-state index contributed by atoms with van der Waals surface area (Å²) in [5.74, 6) is -0.117. The first kappa shape index (κ1) is 16.6. The van der Waals surface area contributed by atoms with Crippen molar-refractivity contribution in [3.63, 3.8) is 0 Å². The van der Waals surface area contributed by atoms with E-state index in [4.69, 9.17) is 4.98 Å².